The zero-order chi connectivity index (χ0) is 12.5. The van der Waals surface area contributed by atoms with Gasteiger partial charge in [0.15, 0.2) is 0 Å². The van der Waals surface area contributed by atoms with Gasteiger partial charge in [-0.3, -0.25) is 4.79 Å². The first-order valence-electron chi connectivity index (χ1n) is 6.47. The molecule has 1 aromatic carbocycles. The lowest BCUT2D eigenvalue weighted by Crippen LogP contribution is -2.21. The molecule has 2 fully saturated rings. The van der Waals surface area contributed by atoms with Crippen molar-refractivity contribution in [3.63, 3.8) is 0 Å². The Bertz CT molecular complexity index is 470. The SMILES string of the molecule is Nc1ccc(C(=O)NN=C(C2CC2)C2CC2)cc1. The van der Waals surface area contributed by atoms with Crippen LogP contribution in [0.2, 0.25) is 0 Å². The number of carbonyl (C=O) groups excluding carboxylic acids is 1. The molecule has 0 atom stereocenters. The molecule has 0 saturated heterocycles. The summed E-state index contributed by atoms with van der Waals surface area (Å²) >= 11 is 0. The third-order valence-corrected chi connectivity index (χ3v) is 3.45. The molecule has 2 aliphatic carbocycles. The number of hydrogen-bond acceptors (Lipinski definition) is 3. The van der Waals surface area contributed by atoms with Crippen molar-refractivity contribution in [1.82, 2.24) is 5.43 Å². The highest BCUT2D eigenvalue weighted by Gasteiger charge is 2.38. The van der Waals surface area contributed by atoms with Crippen molar-refractivity contribution in [2.75, 3.05) is 5.73 Å². The lowest BCUT2D eigenvalue weighted by molar-refractivity contribution is 0.0954. The molecule has 1 aromatic rings. The second-order valence-corrected chi connectivity index (χ2v) is 5.15. The molecule has 0 unspecified atom stereocenters. The zero-order valence-electron chi connectivity index (χ0n) is 10.2. The van der Waals surface area contributed by atoms with E-state index in [1.54, 1.807) is 24.3 Å². The summed E-state index contributed by atoms with van der Waals surface area (Å²) in [6.07, 6.45) is 4.92. The second kappa shape index (κ2) is 4.44. The van der Waals surface area contributed by atoms with Crippen LogP contribution in [-0.2, 0) is 0 Å². The Labute approximate surface area is 106 Å². The number of rotatable bonds is 4. The first-order chi connectivity index (χ1) is 8.74. The van der Waals surface area contributed by atoms with Gasteiger partial charge in [0.2, 0.25) is 0 Å². The molecule has 0 aromatic heterocycles. The third-order valence-electron chi connectivity index (χ3n) is 3.45. The molecule has 0 radical (unpaired) electrons. The molecule has 2 saturated carbocycles. The number of nitrogen functional groups attached to an aromatic ring is 1. The minimum atomic E-state index is -0.159. The quantitative estimate of drug-likeness (QED) is 0.483. The number of nitrogens with zero attached hydrogens (tertiary/aromatic N) is 1. The Balaban J connectivity index is 1.66. The maximum Gasteiger partial charge on any atom is 0.271 e. The fourth-order valence-corrected chi connectivity index (χ4v) is 2.09. The summed E-state index contributed by atoms with van der Waals surface area (Å²) in [5.74, 6) is 1.10. The van der Waals surface area contributed by atoms with Gasteiger partial charge in [-0.25, -0.2) is 5.43 Å². The third kappa shape index (κ3) is 2.53. The van der Waals surface area contributed by atoms with Crippen LogP contribution in [0.5, 0.6) is 0 Å². The van der Waals surface area contributed by atoms with E-state index in [0.29, 0.717) is 23.1 Å². The van der Waals surface area contributed by atoms with Crippen molar-refractivity contribution >= 4 is 17.3 Å². The fraction of sp³-hybridized carbons (Fsp3) is 0.429. The van der Waals surface area contributed by atoms with Crippen molar-refractivity contribution in [2.45, 2.75) is 25.7 Å². The lowest BCUT2D eigenvalue weighted by Gasteiger charge is -2.04. The predicted molar refractivity (Wildman–Crippen MR) is 71.2 cm³/mol. The fourth-order valence-electron chi connectivity index (χ4n) is 2.09. The summed E-state index contributed by atoms with van der Waals surface area (Å²) in [6.45, 7) is 0. The Morgan fingerprint density at radius 3 is 2.17 bits per heavy atom. The van der Waals surface area contributed by atoms with Crippen LogP contribution >= 0.6 is 0 Å². The standard InChI is InChI=1S/C14H17N3O/c15-12-7-5-11(6-8-12)14(18)17-16-13(9-1-2-9)10-3-4-10/h5-10H,1-4,15H2,(H,17,18). The highest BCUT2D eigenvalue weighted by atomic mass is 16.2. The largest absolute Gasteiger partial charge is 0.399 e. The van der Waals surface area contributed by atoms with Crippen molar-refractivity contribution in [3.05, 3.63) is 29.8 Å². The van der Waals surface area contributed by atoms with Crippen LogP contribution in [-0.4, -0.2) is 11.6 Å². The average molecular weight is 243 g/mol. The van der Waals surface area contributed by atoms with Gasteiger partial charge in [0, 0.05) is 17.0 Å². The van der Waals surface area contributed by atoms with Gasteiger partial charge in [0.05, 0.1) is 0 Å². The monoisotopic (exact) mass is 243 g/mol. The van der Waals surface area contributed by atoms with E-state index in [-0.39, 0.29) is 5.91 Å². The number of nitrogens with two attached hydrogens (primary N) is 1. The number of amides is 1. The van der Waals surface area contributed by atoms with E-state index < -0.39 is 0 Å². The van der Waals surface area contributed by atoms with Gasteiger partial charge in [-0.2, -0.15) is 5.10 Å². The van der Waals surface area contributed by atoms with Crippen LogP contribution in [0, 0.1) is 11.8 Å². The lowest BCUT2D eigenvalue weighted by atomic mass is 10.1. The first kappa shape index (κ1) is 11.3. The number of nitrogens with one attached hydrogen (secondary N) is 1. The first-order valence-corrected chi connectivity index (χ1v) is 6.47. The molecule has 0 bridgehead atoms. The zero-order valence-corrected chi connectivity index (χ0v) is 10.2. The number of hydrazone groups is 1. The number of benzene rings is 1. The Morgan fingerprint density at radius 2 is 1.67 bits per heavy atom. The summed E-state index contributed by atoms with van der Waals surface area (Å²) in [5.41, 5.74) is 10.7. The molecular formula is C14H17N3O. The molecule has 94 valence electrons. The van der Waals surface area contributed by atoms with Crippen LogP contribution in [0.1, 0.15) is 36.0 Å². The summed E-state index contributed by atoms with van der Waals surface area (Å²) in [5, 5.41) is 4.33. The average Bonchev–Trinajstić information content (AvgIpc) is 3.24. The molecule has 0 spiro atoms. The molecule has 2 aliphatic rings. The minimum absolute atomic E-state index is 0.159. The summed E-state index contributed by atoms with van der Waals surface area (Å²) in [4.78, 5) is 11.9. The van der Waals surface area contributed by atoms with E-state index in [1.165, 1.54) is 31.4 Å². The molecule has 3 rings (SSSR count). The molecule has 0 aliphatic heterocycles. The van der Waals surface area contributed by atoms with Crippen LogP contribution in [0.4, 0.5) is 5.69 Å². The van der Waals surface area contributed by atoms with Crippen LogP contribution in [0.25, 0.3) is 0 Å². The van der Waals surface area contributed by atoms with E-state index >= 15 is 0 Å². The van der Waals surface area contributed by atoms with Gasteiger partial charge in [-0.15, -0.1) is 0 Å². The molecule has 0 heterocycles. The summed E-state index contributed by atoms with van der Waals surface area (Å²) < 4.78 is 0. The topological polar surface area (TPSA) is 67.5 Å². The minimum Gasteiger partial charge on any atom is -0.399 e. The van der Waals surface area contributed by atoms with Crippen molar-refractivity contribution < 1.29 is 4.79 Å². The van der Waals surface area contributed by atoms with Crippen molar-refractivity contribution in [1.29, 1.82) is 0 Å². The second-order valence-electron chi connectivity index (χ2n) is 5.15. The number of hydrogen-bond donors (Lipinski definition) is 2. The maximum atomic E-state index is 11.9. The van der Waals surface area contributed by atoms with Gasteiger partial charge >= 0.3 is 0 Å². The van der Waals surface area contributed by atoms with Crippen molar-refractivity contribution in [3.8, 4) is 0 Å². The van der Waals surface area contributed by atoms with Gasteiger partial charge < -0.3 is 5.73 Å². The summed E-state index contributed by atoms with van der Waals surface area (Å²) in [6, 6.07) is 6.88. The van der Waals surface area contributed by atoms with Gasteiger partial charge in [-0.05, 0) is 61.8 Å². The van der Waals surface area contributed by atoms with Crippen LogP contribution < -0.4 is 11.2 Å². The molecule has 1 amide bonds. The van der Waals surface area contributed by atoms with Gasteiger partial charge in [-0.1, -0.05) is 0 Å². The van der Waals surface area contributed by atoms with Crippen molar-refractivity contribution in [2.24, 2.45) is 16.9 Å². The van der Waals surface area contributed by atoms with Gasteiger partial charge in [0.25, 0.3) is 5.91 Å². The molecule has 18 heavy (non-hydrogen) atoms. The number of anilines is 1. The predicted octanol–water partition coefficient (Wildman–Crippen LogP) is 2.17. The normalized spacial score (nSPS) is 18.2. The van der Waals surface area contributed by atoms with E-state index in [0.717, 1.165) is 0 Å². The Morgan fingerprint density at radius 1 is 1.11 bits per heavy atom. The van der Waals surface area contributed by atoms with Gasteiger partial charge in [0.1, 0.15) is 0 Å². The summed E-state index contributed by atoms with van der Waals surface area (Å²) in [7, 11) is 0. The Hall–Kier alpha value is -1.84. The van der Waals surface area contributed by atoms with E-state index in [9.17, 15) is 4.79 Å². The molecular weight excluding hydrogens is 226 g/mol. The van der Waals surface area contributed by atoms with E-state index in [1.807, 2.05) is 0 Å². The molecule has 4 heteroatoms. The molecule has 3 N–H and O–H groups in total. The maximum absolute atomic E-state index is 11.9. The van der Waals surface area contributed by atoms with Crippen LogP contribution in [0.3, 0.4) is 0 Å². The molecule has 4 nitrogen and oxygen atoms in total. The highest BCUT2D eigenvalue weighted by Crippen LogP contribution is 2.41. The number of carbonyl (C=O) groups is 1. The van der Waals surface area contributed by atoms with E-state index in [2.05, 4.69) is 10.5 Å². The van der Waals surface area contributed by atoms with Crippen LogP contribution in [0.15, 0.2) is 29.4 Å². The Kier molecular flexibility index (Phi) is 2.78. The van der Waals surface area contributed by atoms with E-state index in [4.69, 9.17) is 5.73 Å². The highest BCUT2D eigenvalue weighted by molar-refractivity contribution is 5.97. The smallest absolute Gasteiger partial charge is 0.271 e.